The number of para-hydroxylation sites is 2. The van der Waals surface area contributed by atoms with Gasteiger partial charge in [-0.2, -0.15) is 14.8 Å². The molecule has 2 heterocycles. The maximum atomic E-state index is 14.1. The monoisotopic (exact) mass is 672 g/mol. The summed E-state index contributed by atoms with van der Waals surface area (Å²) in [5.74, 6) is -2.52. The van der Waals surface area contributed by atoms with Gasteiger partial charge in [0.05, 0.1) is 16.7 Å². The first-order chi connectivity index (χ1) is 22.4. The van der Waals surface area contributed by atoms with E-state index in [1.54, 1.807) is 24.3 Å². The fourth-order valence-electron chi connectivity index (χ4n) is 5.83. The Morgan fingerprint density at radius 2 is 1.60 bits per heavy atom. The van der Waals surface area contributed by atoms with Crippen molar-refractivity contribution in [3.63, 3.8) is 0 Å². The Bertz CT molecular complexity index is 2090. The van der Waals surface area contributed by atoms with E-state index in [0.717, 1.165) is 23.1 Å². The molecule has 4 unspecified atom stereocenters. The lowest BCUT2D eigenvalue weighted by molar-refractivity contribution is -0.141. The zero-order valence-corrected chi connectivity index (χ0v) is 27.3. The van der Waals surface area contributed by atoms with Gasteiger partial charge in [0.1, 0.15) is 5.82 Å². The van der Waals surface area contributed by atoms with Crippen LogP contribution in [-0.2, 0) is 20.3 Å². The Kier molecular flexibility index (Phi) is 9.55. The van der Waals surface area contributed by atoms with Crippen LogP contribution in [0.2, 0.25) is 0 Å². The maximum absolute atomic E-state index is 14.1. The van der Waals surface area contributed by atoms with Gasteiger partial charge in [0.15, 0.2) is 5.60 Å². The minimum absolute atomic E-state index is 0.175. The van der Waals surface area contributed by atoms with Crippen molar-refractivity contribution >= 4 is 49.3 Å². The van der Waals surface area contributed by atoms with E-state index < -0.39 is 56.2 Å². The number of benzene rings is 3. The van der Waals surface area contributed by atoms with Crippen LogP contribution >= 0.6 is 16.1 Å². The number of rotatable bonds is 11. The number of nitrogens with zero attached hydrogens (tertiary/aromatic N) is 2. The largest absolute Gasteiger partial charge is 0.570 e. The Hall–Kier alpha value is -4.56. The average Bonchev–Trinajstić information content (AvgIpc) is 3.04. The zero-order valence-electron chi connectivity index (χ0n) is 25.5. The number of hydrogen-bond acceptors (Lipinski definition) is 7. The Balaban J connectivity index is 1.72. The van der Waals surface area contributed by atoms with Crippen molar-refractivity contribution in [3.8, 4) is 17.0 Å². The number of fused-ring (bicyclic) bond motifs is 2. The van der Waals surface area contributed by atoms with Gasteiger partial charge >= 0.3 is 32.6 Å². The molecular formula is C35H31FN2O7P2+2. The van der Waals surface area contributed by atoms with Gasteiger partial charge in [-0.15, -0.1) is 6.58 Å². The first-order valence-electron chi connectivity index (χ1n) is 14.5. The molecule has 0 spiro atoms. The summed E-state index contributed by atoms with van der Waals surface area (Å²) in [6.45, 7) is 11.2. The molecule has 2 aromatic heterocycles. The molecule has 47 heavy (non-hydrogen) atoms. The second kappa shape index (κ2) is 13.3. The van der Waals surface area contributed by atoms with Gasteiger partial charge in [0.25, 0.3) is 0 Å². The molecule has 0 radical (unpaired) electrons. The number of pyridine rings is 2. The van der Waals surface area contributed by atoms with E-state index in [1.807, 2.05) is 38.1 Å². The van der Waals surface area contributed by atoms with Gasteiger partial charge in [-0.05, 0) is 74.7 Å². The van der Waals surface area contributed by atoms with Gasteiger partial charge in [0.2, 0.25) is 5.75 Å². The number of carbonyl (C=O) groups excluding carboxylic acids is 1. The standard InChI is InChI=1S/C35H29FN2O7P2/c1-5-34(40,20-26-30(21(3)4)25-12-8-10-14-28(25)37-31(26)22-15-17-24(36)18-16-22)35(6-2,47(43)44)33(39)45-29-19-23-11-7-9-13-27(23)38-32(29)46(41)42/h5-19,21,40H,1-2,20H2,3-4H3/p+2. The molecule has 9 nitrogen and oxygen atoms in total. The number of aromatic nitrogens is 2. The van der Waals surface area contributed by atoms with Crippen molar-refractivity contribution in [2.24, 2.45) is 0 Å². The van der Waals surface area contributed by atoms with Gasteiger partial charge in [-0.25, -0.2) is 14.2 Å². The minimum Gasteiger partial charge on any atom is -0.416 e. The van der Waals surface area contributed by atoms with Crippen molar-refractivity contribution < 1.29 is 37.9 Å². The first-order valence-corrected chi connectivity index (χ1v) is 16.9. The molecule has 0 aliphatic heterocycles. The van der Waals surface area contributed by atoms with E-state index in [2.05, 4.69) is 18.1 Å². The van der Waals surface area contributed by atoms with Crippen LogP contribution < -0.4 is 10.2 Å². The lowest BCUT2D eigenvalue weighted by atomic mass is 9.77. The molecule has 0 aliphatic rings. The van der Waals surface area contributed by atoms with E-state index >= 15 is 0 Å². The molecular weight excluding hydrogens is 641 g/mol. The fourth-order valence-corrected chi connectivity index (χ4v) is 7.18. The Labute approximate surface area is 271 Å². The summed E-state index contributed by atoms with van der Waals surface area (Å²) in [4.78, 5) is 44.0. The number of aliphatic hydroxyl groups is 1. The van der Waals surface area contributed by atoms with Crippen molar-refractivity contribution in [1.29, 1.82) is 0 Å². The molecule has 0 saturated carbocycles. The third kappa shape index (κ3) is 6.02. The number of halogens is 1. The number of esters is 1. The number of hydrogen-bond donors (Lipinski definition) is 3. The Morgan fingerprint density at radius 1 is 0.957 bits per heavy atom. The highest BCUT2D eigenvalue weighted by Crippen LogP contribution is 2.50. The summed E-state index contributed by atoms with van der Waals surface area (Å²) in [7, 11) is -6.78. The van der Waals surface area contributed by atoms with Gasteiger partial charge in [-0.1, -0.05) is 62.9 Å². The van der Waals surface area contributed by atoms with E-state index in [1.165, 1.54) is 30.3 Å². The summed E-state index contributed by atoms with van der Waals surface area (Å²) in [5, 5.41) is 10.9. The summed E-state index contributed by atoms with van der Waals surface area (Å²) in [6.07, 6.45) is 1.32. The van der Waals surface area contributed by atoms with Crippen LogP contribution in [0.15, 0.2) is 104 Å². The molecule has 5 rings (SSSR count). The van der Waals surface area contributed by atoms with Crippen LogP contribution in [-0.4, -0.2) is 41.6 Å². The predicted molar refractivity (Wildman–Crippen MR) is 180 cm³/mol. The second-order valence-electron chi connectivity index (χ2n) is 11.2. The lowest BCUT2D eigenvalue weighted by Crippen LogP contribution is -2.57. The molecule has 0 fully saturated rings. The van der Waals surface area contributed by atoms with Gasteiger partial charge in [-0.3, -0.25) is 0 Å². The molecule has 4 atom stereocenters. The van der Waals surface area contributed by atoms with E-state index in [0.29, 0.717) is 33.2 Å². The summed E-state index contributed by atoms with van der Waals surface area (Å²) >= 11 is 0. The van der Waals surface area contributed by atoms with Crippen molar-refractivity contribution in [3.05, 3.63) is 121 Å². The fraction of sp³-hybridized carbons (Fsp3) is 0.171. The van der Waals surface area contributed by atoms with Crippen molar-refractivity contribution in [2.75, 3.05) is 0 Å². The summed E-state index contributed by atoms with van der Waals surface area (Å²) in [6, 6.07) is 20.8. The topological polar surface area (TPSA) is 147 Å². The van der Waals surface area contributed by atoms with Crippen LogP contribution in [0, 0.1) is 5.82 Å². The van der Waals surface area contributed by atoms with Crippen LogP contribution in [0.4, 0.5) is 4.39 Å². The average molecular weight is 673 g/mol. The Morgan fingerprint density at radius 3 is 2.19 bits per heavy atom. The summed E-state index contributed by atoms with van der Waals surface area (Å²) in [5.41, 5.74) is -0.0440. The molecule has 5 aromatic rings. The second-order valence-corrected chi connectivity index (χ2v) is 13.5. The minimum atomic E-state index is -3.65. The molecule has 12 heteroatoms. The van der Waals surface area contributed by atoms with E-state index in [4.69, 9.17) is 9.72 Å². The molecule has 0 aliphatic carbocycles. The molecule has 3 N–H and O–H groups in total. The highest BCUT2D eigenvalue weighted by Gasteiger charge is 2.69. The van der Waals surface area contributed by atoms with E-state index in [9.17, 15) is 33.2 Å². The first kappa shape index (κ1) is 33.8. The third-order valence-corrected chi connectivity index (χ3v) is 10.2. The molecule has 0 saturated heterocycles. The highest BCUT2D eigenvalue weighted by molar-refractivity contribution is 7.47. The number of ether oxygens (including phenoxy) is 1. The summed E-state index contributed by atoms with van der Waals surface area (Å²) < 4.78 is 45.1. The van der Waals surface area contributed by atoms with Crippen LogP contribution in [0.5, 0.6) is 5.75 Å². The van der Waals surface area contributed by atoms with Crippen molar-refractivity contribution in [2.45, 2.75) is 36.9 Å². The van der Waals surface area contributed by atoms with E-state index in [-0.39, 0.29) is 5.92 Å². The molecule has 238 valence electrons. The van der Waals surface area contributed by atoms with Crippen molar-refractivity contribution in [1.82, 2.24) is 9.97 Å². The lowest BCUT2D eigenvalue weighted by Gasteiger charge is -2.34. The SMILES string of the molecule is C=CC(O)(Cc1c(-c2ccc(F)cc2)nc2ccccc2c1C(C)C)C(C=C)(C(=O)Oc1cc2ccccc2nc1[P+](=O)O)[P+](=O)O. The van der Waals surface area contributed by atoms with Crippen LogP contribution in [0.3, 0.4) is 0 Å². The predicted octanol–water partition coefficient (Wildman–Crippen LogP) is 6.80. The smallest absolute Gasteiger partial charge is 0.416 e. The molecule has 0 amide bonds. The molecule has 3 aromatic carbocycles. The van der Waals surface area contributed by atoms with Crippen LogP contribution in [0.25, 0.3) is 33.1 Å². The zero-order chi connectivity index (χ0) is 34.1. The van der Waals surface area contributed by atoms with Crippen LogP contribution in [0.1, 0.15) is 30.9 Å². The molecule has 0 bridgehead atoms. The third-order valence-electron chi connectivity index (χ3n) is 8.14. The quantitative estimate of drug-likeness (QED) is 0.0783. The van der Waals surface area contributed by atoms with Gasteiger partial charge < -0.3 is 9.84 Å². The highest BCUT2D eigenvalue weighted by atomic mass is 31.1. The maximum Gasteiger partial charge on any atom is 0.570 e. The number of carbonyl (C=O) groups is 1. The van der Waals surface area contributed by atoms with Gasteiger partial charge in [0, 0.05) is 22.8 Å². The normalized spacial score (nSPS) is 14.7.